The van der Waals surface area contributed by atoms with Crippen LogP contribution in [-0.4, -0.2) is 14.5 Å². The van der Waals surface area contributed by atoms with Crippen LogP contribution in [0.25, 0.3) is 0 Å². The molecule has 0 aliphatic heterocycles. The van der Waals surface area contributed by atoms with Gasteiger partial charge in [0.2, 0.25) is 0 Å². The fraction of sp³-hybridized carbons (Fsp3) is 0.667. The Kier molecular flexibility index (Phi) is 5.24. The first-order valence-electron chi connectivity index (χ1n) is 6.35. The zero-order valence-corrected chi connectivity index (χ0v) is 13.4. The van der Waals surface area contributed by atoms with Crippen LogP contribution in [-0.2, 0) is 10.0 Å². The summed E-state index contributed by atoms with van der Waals surface area (Å²) in [6.07, 6.45) is 7.90. The zero-order chi connectivity index (χ0) is 13.0. The minimum absolute atomic E-state index is 0.101. The van der Waals surface area contributed by atoms with Gasteiger partial charge in [-0.1, -0.05) is 32.1 Å². The maximum Gasteiger partial charge on any atom is 0.251 e. The lowest BCUT2D eigenvalue weighted by Crippen LogP contribution is -2.35. The van der Waals surface area contributed by atoms with Crippen LogP contribution in [0.2, 0.25) is 0 Å². The molecule has 0 amide bonds. The van der Waals surface area contributed by atoms with E-state index in [-0.39, 0.29) is 6.04 Å². The third-order valence-corrected chi connectivity index (χ3v) is 7.45. The molecule has 3 nitrogen and oxygen atoms in total. The highest BCUT2D eigenvalue weighted by molar-refractivity contribution is 9.10. The van der Waals surface area contributed by atoms with Crippen molar-refractivity contribution in [2.45, 2.75) is 55.2 Å². The predicted octanol–water partition coefficient (Wildman–Crippen LogP) is 3.90. The van der Waals surface area contributed by atoms with Gasteiger partial charge in [-0.25, -0.2) is 13.1 Å². The summed E-state index contributed by atoms with van der Waals surface area (Å²) in [7, 11) is -3.35. The van der Waals surface area contributed by atoms with E-state index >= 15 is 0 Å². The van der Waals surface area contributed by atoms with Crippen LogP contribution < -0.4 is 4.72 Å². The van der Waals surface area contributed by atoms with Crippen LogP contribution in [0.4, 0.5) is 0 Å². The molecule has 102 valence electrons. The zero-order valence-electron chi connectivity index (χ0n) is 10.2. The van der Waals surface area contributed by atoms with E-state index in [0.29, 0.717) is 8.68 Å². The summed E-state index contributed by atoms with van der Waals surface area (Å²) in [5.41, 5.74) is 0. The highest BCUT2D eigenvalue weighted by Crippen LogP contribution is 2.28. The van der Waals surface area contributed by atoms with Crippen LogP contribution in [0.3, 0.4) is 0 Å². The van der Waals surface area contributed by atoms with Crippen molar-refractivity contribution in [2.24, 2.45) is 0 Å². The Balaban J connectivity index is 2.05. The van der Waals surface area contributed by atoms with Crippen molar-refractivity contribution < 1.29 is 8.42 Å². The molecule has 1 saturated carbocycles. The van der Waals surface area contributed by atoms with E-state index in [1.165, 1.54) is 30.6 Å². The molecular weight excluding hydrogens is 334 g/mol. The molecule has 0 bridgehead atoms. The third kappa shape index (κ3) is 3.79. The molecule has 18 heavy (non-hydrogen) atoms. The minimum atomic E-state index is -3.35. The highest BCUT2D eigenvalue weighted by atomic mass is 79.9. The monoisotopic (exact) mass is 351 g/mol. The van der Waals surface area contributed by atoms with E-state index in [1.807, 2.05) is 0 Å². The standard InChI is InChI=1S/C12H18BrNO2S2/c13-11-8-9-17-12(11)18(15,16)14-10-6-4-2-1-3-5-7-10/h8-10,14H,1-7H2. The molecule has 0 radical (unpaired) electrons. The lowest BCUT2D eigenvalue weighted by molar-refractivity contribution is 0.426. The summed E-state index contributed by atoms with van der Waals surface area (Å²) in [6, 6.07) is 1.88. The Morgan fingerprint density at radius 2 is 1.78 bits per heavy atom. The van der Waals surface area contributed by atoms with Gasteiger partial charge in [0.1, 0.15) is 4.21 Å². The van der Waals surface area contributed by atoms with Crippen molar-refractivity contribution in [3.05, 3.63) is 15.9 Å². The second-order valence-corrected chi connectivity index (χ2v) is 8.40. The van der Waals surface area contributed by atoms with E-state index in [1.54, 1.807) is 11.4 Å². The molecule has 0 unspecified atom stereocenters. The molecule has 2 rings (SSSR count). The van der Waals surface area contributed by atoms with E-state index in [9.17, 15) is 8.42 Å². The smallest absolute Gasteiger partial charge is 0.207 e. The maximum atomic E-state index is 12.2. The summed E-state index contributed by atoms with van der Waals surface area (Å²) in [4.78, 5) is 0. The van der Waals surface area contributed by atoms with Gasteiger partial charge >= 0.3 is 0 Å². The number of hydrogen-bond donors (Lipinski definition) is 1. The second-order valence-electron chi connectivity index (χ2n) is 4.72. The lowest BCUT2D eigenvalue weighted by atomic mass is 9.97. The molecule has 0 spiro atoms. The van der Waals surface area contributed by atoms with Gasteiger partial charge in [0.25, 0.3) is 10.0 Å². The topological polar surface area (TPSA) is 46.2 Å². The van der Waals surface area contributed by atoms with Gasteiger partial charge in [-0.05, 0) is 40.2 Å². The highest BCUT2D eigenvalue weighted by Gasteiger charge is 2.23. The van der Waals surface area contributed by atoms with E-state index in [4.69, 9.17) is 0 Å². The molecule has 0 saturated heterocycles. The quantitative estimate of drug-likeness (QED) is 0.897. The Morgan fingerprint density at radius 1 is 1.17 bits per heavy atom. The Bertz CT molecular complexity index is 476. The first-order chi connectivity index (χ1) is 8.59. The average molecular weight is 352 g/mol. The predicted molar refractivity (Wildman–Crippen MR) is 78.4 cm³/mol. The van der Waals surface area contributed by atoms with Gasteiger partial charge < -0.3 is 0 Å². The summed E-state index contributed by atoms with van der Waals surface area (Å²) in [5.74, 6) is 0. The summed E-state index contributed by atoms with van der Waals surface area (Å²) in [5, 5.41) is 1.79. The Labute approximate surface area is 121 Å². The van der Waals surface area contributed by atoms with E-state index in [0.717, 1.165) is 25.7 Å². The van der Waals surface area contributed by atoms with Gasteiger partial charge in [-0.15, -0.1) is 11.3 Å². The van der Waals surface area contributed by atoms with Crippen LogP contribution in [0.5, 0.6) is 0 Å². The van der Waals surface area contributed by atoms with Crippen molar-refractivity contribution in [2.75, 3.05) is 0 Å². The summed E-state index contributed by atoms with van der Waals surface area (Å²) >= 11 is 4.54. The number of hydrogen-bond acceptors (Lipinski definition) is 3. The van der Waals surface area contributed by atoms with Crippen molar-refractivity contribution in [1.82, 2.24) is 4.72 Å². The number of sulfonamides is 1. The van der Waals surface area contributed by atoms with Gasteiger partial charge in [-0.2, -0.15) is 0 Å². The molecule has 1 aliphatic rings. The molecule has 0 atom stereocenters. The van der Waals surface area contributed by atoms with E-state index in [2.05, 4.69) is 20.7 Å². The molecule has 0 aromatic carbocycles. The molecule has 1 heterocycles. The van der Waals surface area contributed by atoms with Crippen LogP contribution in [0.1, 0.15) is 44.9 Å². The van der Waals surface area contributed by atoms with Gasteiger partial charge in [0, 0.05) is 10.5 Å². The number of nitrogens with one attached hydrogen (secondary N) is 1. The number of thiophene rings is 1. The first kappa shape index (κ1) is 14.5. The van der Waals surface area contributed by atoms with Crippen LogP contribution in [0.15, 0.2) is 20.1 Å². The van der Waals surface area contributed by atoms with E-state index < -0.39 is 10.0 Å². The number of halogens is 1. The van der Waals surface area contributed by atoms with Crippen molar-refractivity contribution in [3.8, 4) is 0 Å². The fourth-order valence-corrected chi connectivity index (χ4v) is 5.98. The molecule has 1 aliphatic carbocycles. The van der Waals surface area contributed by atoms with Gasteiger partial charge in [0.05, 0.1) is 0 Å². The Hall–Kier alpha value is 0.0900. The van der Waals surface area contributed by atoms with Crippen LogP contribution >= 0.6 is 27.3 Å². The molecule has 1 aromatic heterocycles. The lowest BCUT2D eigenvalue weighted by Gasteiger charge is -2.20. The SMILES string of the molecule is O=S(=O)(NC1CCCCCCC1)c1sccc1Br. The first-order valence-corrected chi connectivity index (χ1v) is 9.50. The van der Waals surface area contributed by atoms with Crippen molar-refractivity contribution in [1.29, 1.82) is 0 Å². The van der Waals surface area contributed by atoms with Crippen molar-refractivity contribution in [3.63, 3.8) is 0 Å². The van der Waals surface area contributed by atoms with Crippen molar-refractivity contribution >= 4 is 37.3 Å². The molecule has 1 fully saturated rings. The minimum Gasteiger partial charge on any atom is -0.207 e. The number of rotatable bonds is 3. The summed E-state index contributed by atoms with van der Waals surface area (Å²) in [6.45, 7) is 0. The summed E-state index contributed by atoms with van der Waals surface area (Å²) < 4.78 is 28.4. The van der Waals surface area contributed by atoms with Gasteiger partial charge in [0.15, 0.2) is 0 Å². The maximum absolute atomic E-state index is 12.2. The van der Waals surface area contributed by atoms with Gasteiger partial charge in [-0.3, -0.25) is 0 Å². The normalized spacial score (nSPS) is 19.4. The Morgan fingerprint density at radius 3 is 2.33 bits per heavy atom. The molecular formula is C12H18BrNO2S2. The fourth-order valence-electron chi connectivity index (χ4n) is 2.32. The second kappa shape index (κ2) is 6.50. The molecule has 1 aromatic rings. The third-order valence-electron chi connectivity index (χ3n) is 3.26. The average Bonchev–Trinajstić information content (AvgIpc) is 2.69. The largest absolute Gasteiger partial charge is 0.251 e. The van der Waals surface area contributed by atoms with Crippen LogP contribution in [0, 0.1) is 0 Å². The molecule has 6 heteroatoms. The molecule has 1 N–H and O–H groups in total.